The van der Waals surface area contributed by atoms with E-state index in [-0.39, 0.29) is 6.42 Å². The molecule has 1 aromatic heterocycles. The second-order valence-electron chi connectivity index (χ2n) is 5.94. The van der Waals surface area contributed by atoms with E-state index in [4.69, 9.17) is 16.7 Å². The first-order valence-electron chi connectivity index (χ1n) is 8.15. The molecule has 0 spiro atoms. The van der Waals surface area contributed by atoms with Gasteiger partial charge in [-0.2, -0.15) is 0 Å². The Labute approximate surface area is 165 Å². The quantitative estimate of drug-likeness (QED) is 0.431. The number of hydrogen-bond donors (Lipinski definition) is 4. The zero-order chi connectivity index (χ0) is 19.4. The first-order chi connectivity index (χ1) is 12.9. The number of hydrogen-bond acceptors (Lipinski definition) is 6. The zero-order valence-corrected chi connectivity index (χ0v) is 16.0. The summed E-state index contributed by atoms with van der Waals surface area (Å²) >= 11 is 7.48. The third-order valence-electron chi connectivity index (χ3n) is 3.83. The van der Waals surface area contributed by atoms with Gasteiger partial charge in [-0.25, -0.2) is 4.98 Å². The van der Waals surface area contributed by atoms with Crippen LogP contribution in [0, 0.1) is 6.92 Å². The lowest BCUT2D eigenvalue weighted by Gasteiger charge is -2.15. The molecule has 2 aromatic carbocycles. The maximum atomic E-state index is 10.8. The molecule has 140 valence electrons. The number of halogens is 1. The smallest absolute Gasteiger partial charge is 0.307 e. The molecule has 0 aliphatic rings. The number of para-hydroxylation sites is 1. The number of aromatic nitrogens is 1. The van der Waals surface area contributed by atoms with E-state index in [0.29, 0.717) is 26.3 Å². The fourth-order valence-corrected chi connectivity index (χ4v) is 3.60. The minimum atomic E-state index is -0.949. The summed E-state index contributed by atoms with van der Waals surface area (Å²) < 4.78 is 0. The molecule has 0 aliphatic heterocycles. The standard InChI is InChI=1S/C19H18ClN3O3S/c1-11-4-2-7-14(20)17(11)23-18(26)15-10-21-19(27-15)22-13-6-3-5-12(8-13)9-16(24)25/h2-8,10,18,23,26H,9H2,1H3,(H,21,22)(H,24,25). The number of benzene rings is 2. The van der Waals surface area contributed by atoms with Crippen LogP contribution in [0.5, 0.6) is 0 Å². The van der Waals surface area contributed by atoms with E-state index in [9.17, 15) is 9.90 Å². The van der Waals surface area contributed by atoms with Crippen LogP contribution < -0.4 is 10.6 Å². The molecule has 0 radical (unpaired) electrons. The van der Waals surface area contributed by atoms with Crippen molar-refractivity contribution in [2.75, 3.05) is 10.6 Å². The highest BCUT2D eigenvalue weighted by atomic mass is 35.5. The summed E-state index contributed by atoms with van der Waals surface area (Å²) in [5.41, 5.74) is 3.04. The average molecular weight is 404 g/mol. The molecule has 0 fully saturated rings. The highest BCUT2D eigenvalue weighted by molar-refractivity contribution is 7.15. The summed E-state index contributed by atoms with van der Waals surface area (Å²) in [6.07, 6.45) is 0.589. The van der Waals surface area contributed by atoms with E-state index >= 15 is 0 Å². The Hall–Kier alpha value is -2.61. The van der Waals surface area contributed by atoms with Gasteiger partial charge >= 0.3 is 5.97 Å². The fourth-order valence-electron chi connectivity index (χ4n) is 2.55. The molecule has 0 saturated carbocycles. The Bertz CT molecular complexity index is 941. The van der Waals surface area contributed by atoms with E-state index < -0.39 is 12.2 Å². The van der Waals surface area contributed by atoms with Crippen molar-refractivity contribution in [2.45, 2.75) is 19.6 Å². The highest BCUT2D eigenvalue weighted by Gasteiger charge is 2.14. The number of nitrogens with one attached hydrogen (secondary N) is 2. The van der Waals surface area contributed by atoms with Crippen molar-refractivity contribution in [3.8, 4) is 0 Å². The van der Waals surface area contributed by atoms with Gasteiger partial charge in [0.25, 0.3) is 0 Å². The Morgan fingerprint density at radius 2 is 2.07 bits per heavy atom. The number of carboxylic acids is 1. The first kappa shape index (κ1) is 19.2. The molecular weight excluding hydrogens is 386 g/mol. The lowest BCUT2D eigenvalue weighted by molar-refractivity contribution is -0.136. The van der Waals surface area contributed by atoms with Gasteiger partial charge in [-0.15, -0.1) is 0 Å². The van der Waals surface area contributed by atoms with Crippen LogP contribution in [-0.2, 0) is 11.2 Å². The van der Waals surface area contributed by atoms with Crippen molar-refractivity contribution in [1.29, 1.82) is 0 Å². The Morgan fingerprint density at radius 1 is 1.30 bits per heavy atom. The summed E-state index contributed by atoms with van der Waals surface area (Å²) in [5.74, 6) is -0.882. The zero-order valence-electron chi connectivity index (χ0n) is 14.4. The summed E-state index contributed by atoms with van der Waals surface area (Å²) in [6.45, 7) is 1.91. The minimum Gasteiger partial charge on any atom is -0.481 e. The molecule has 1 unspecified atom stereocenters. The first-order valence-corrected chi connectivity index (χ1v) is 9.35. The van der Waals surface area contributed by atoms with Gasteiger partial charge in [-0.3, -0.25) is 4.79 Å². The highest BCUT2D eigenvalue weighted by Crippen LogP contribution is 2.32. The van der Waals surface area contributed by atoms with E-state index in [0.717, 1.165) is 11.3 Å². The van der Waals surface area contributed by atoms with Crippen LogP contribution >= 0.6 is 22.9 Å². The van der Waals surface area contributed by atoms with Crippen LogP contribution in [-0.4, -0.2) is 21.2 Å². The van der Waals surface area contributed by atoms with E-state index in [2.05, 4.69) is 15.6 Å². The number of aliphatic hydroxyl groups is 1. The number of carbonyl (C=O) groups is 1. The van der Waals surface area contributed by atoms with E-state index in [1.807, 2.05) is 25.1 Å². The maximum absolute atomic E-state index is 10.8. The van der Waals surface area contributed by atoms with Gasteiger partial charge in [-0.1, -0.05) is 47.2 Å². The monoisotopic (exact) mass is 403 g/mol. The van der Waals surface area contributed by atoms with Crippen molar-refractivity contribution in [3.63, 3.8) is 0 Å². The second-order valence-corrected chi connectivity index (χ2v) is 7.41. The van der Waals surface area contributed by atoms with Crippen molar-refractivity contribution in [1.82, 2.24) is 4.98 Å². The van der Waals surface area contributed by atoms with Gasteiger partial charge in [0.15, 0.2) is 11.4 Å². The van der Waals surface area contributed by atoms with Gasteiger partial charge in [-0.05, 0) is 36.2 Å². The molecule has 8 heteroatoms. The molecule has 0 amide bonds. The van der Waals surface area contributed by atoms with Gasteiger partial charge < -0.3 is 20.8 Å². The molecule has 1 heterocycles. The number of thiazole rings is 1. The van der Waals surface area contributed by atoms with E-state index in [1.165, 1.54) is 11.3 Å². The summed E-state index contributed by atoms with van der Waals surface area (Å²) in [4.78, 5) is 15.7. The Balaban J connectivity index is 1.70. The largest absolute Gasteiger partial charge is 0.481 e. The predicted octanol–water partition coefficient (Wildman–Crippen LogP) is 4.58. The molecule has 27 heavy (non-hydrogen) atoms. The topological polar surface area (TPSA) is 94.5 Å². The summed E-state index contributed by atoms with van der Waals surface area (Å²) in [7, 11) is 0. The molecule has 3 rings (SSSR count). The van der Waals surface area contributed by atoms with Crippen LogP contribution in [0.3, 0.4) is 0 Å². The molecule has 0 aliphatic carbocycles. The molecule has 4 N–H and O–H groups in total. The molecule has 0 bridgehead atoms. The lowest BCUT2D eigenvalue weighted by atomic mass is 10.1. The second kappa shape index (κ2) is 8.39. The SMILES string of the molecule is Cc1cccc(Cl)c1NC(O)c1cnc(Nc2cccc(CC(=O)O)c2)s1. The Kier molecular flexibility index (Phi) is 5.95. The number of nitrogens with zero attached hydrogens (tertiary/aromatic N) is 1. The number of rotatable bonds is 7. The Morgan fingerprint density at radius 3 is 2.81 bits per heavy atom. The summed E-state index contributed by atoms with van der Waals surface area (Å²) in [6, 6.07) is 12.6. The fraction of sp³-hybridized carbons (Fsp3) is 0.158. The third kappa shape index (κ3) is 4.97. The maximum Gasteiger partial charge on any atom is 0.307 e. The van der Waals surface area contributed by atoms with E-state index in [1.54, 1.807) is 30.5 Å². The van der Waals surface area contributed by atoms with Gasteiger partial charge in [0.1, 0.15) is 0 Å². The number of aliphatic carboxylic acids is 1. The lowest BCUT2D eigenvalue weighted by Crippen LogP contribution is -2.09. The van der Waals surface area contributed by atoms with Gasteiger partial charge in [0.05, 0.1) is 22.0 Å². The van der Waals surface area contributed by atoms with Crippen molar-refractivity contribution >= 4 is 45.4 Å². The molecule has 3 aromatic rings. The van der Waals surface area contributed by atoms with Crippen LogP contribution in [0.4, 0.5) is 16.5 Å². The average Bonchev–Trinajstić information content (AvgIpc) is 3.06. The van der Waals surface area contributed by atoms with Crippen LogP contribution in [0.15, 0.2) is 48.7 Å². The molecule has 6 nitrogen and oxygen atoms in total. The molecular formula is C19H18ClN3O3S. The number of aliphatic hydroxyl groups excluding tert-OH is 1. The van der Waals surface area contributed by atoms with Crippen molar-refractivity contribution < 1.29 is 15.0 Å². The van der Waals surface area contributed by atoms with Crippen LogP contribution in [0.25, 0.3) is 0 Å². The molecule has 1 atom stereocenters. The normalized spacial score (nSPS) is 11.8. The number of aryl methyl sites for hydroxylation is 1. The van der Waals surface area contributed by atoms with Crippen molar-refractivity contribution in [3.05, 3.63) is 69.7 Å². The van der Waals surface area contributed by atoms with Gasteiger partial charge in [0.2, 0.25) is 0 Å². The third-order valence-corrected chi connectivity index (χ3v) is 5.11. The van der Waals surface area contributed by atoms with Crippen molar-refractivity contribution in [2.24, 2.45) is 0 Å². The van der Waals surface area contributed by atoms with Crippen LogP contribution in [0.2, 0.25) is 5.02 Å². The number of anilines is 3. The molecule has 0 saturated heterocycles. The van der Waals surface area contributed by atoms with Crippen LogP contribution in [0.1, 0.15) is 22.2 Å². The number of carboxylic acid groups (broad SMARTS) is 1. The predicted molar refractivity (Wildman–Crippen MR) is 108 cm³/mol. The van der Waals surface area contributed by atoms with Gasteiger partial charge in [0, 0.05) is 11.9 Å². The minimum absolute atomic E-state index is 0.0432. The summed E-state index contributed by atoms with van der Waals surface area (Å²) in [5, 5.41) is 26.6.